The summed E-state index contributed by atoms with van der Waals surface area (Å²) in [5, 5.41) is 3.16. The molecule has 7 heteroatoms. The SMILES string of the molecule is CNC(Cc1ccc(OC(F)(F)F)cc1)C1COCCO1. The third kappa shape index (κ3) is 5.18. The number of alkyl halides is 3. The number of ether oxygens (including phenoxy) is 3. The number of halogens is 3. The summed E-state index contributed by atoms with van der Waals surface area (Å²) in [6.07, 6.45) is -4.09. The Bertz CT molecular complexity index is 430. The predicted octanol–water partition coefficient (Wildman–Crippen LogP) is 2.13. The molecule has 1 aliphatic rings. The number of likely N-dealkylation sites (N-methyl/N-ethyl adjacent to an activating group) is 1. The Morgan fingerprint density at radius 2 is 2.00 bits per heavy atom. The van der Waals surface area contributed by atoms with Gasteiger partial charge < -0.3 is 19.5 Å². The maximum absolute atomic E-state index is 12.1. The lowest BCUT2D eigenvalue weighted by molar-refractivity contribution is -0.274. The van der Waals surface area contributed by atoms with Crippen LogP contribution in [0.1, 0.15) is 5.56 Å². The minimum absolute atomic E-state index is 0.0414. The molecule has 2 atom stereocenters. The molecule has 1 saturated heterocycles. The van der Waals surface area contributed by atoms with Gasteiger partial charge in [0.1, 0.15) is 5.75 Å². The smallest absolute Gasteiger partial charge is 0.406 e. The van der Waals surface area contributed by atoms with Crippen molar-refractivity contribution < 1.29 is 27.4 Å². The number of benzene rings is 1. The van der Waals surface area contributed by atoms with Crippen LogP contribution in [0.2, 0.25) is 0 Å². The molecule has 4 nitrogen and oxygen atoms in total. The average molecular weight is 305 g/mol. The lowest BCUT2D eigenvalue weighted by Gasteiger charge is -2.30. The maximum Gasteiger partial charge on any atom is 0.573 e. The van der Waals surface area contributed by atoms with E-state index in [0.29, 0.717) is 26.2 Å². The van der Waals surface area contributed by atoms with Gasteiger partial charge >= 0.3 is 6.36 Å². The molecule has 0 aromatic heterocycles. The second-order valence-corrected chi connectivity index (χ2v) is 4.78. The fourth-order valence-electron chi connectivity index (χ4n) is 2.24. The molecule has 1 heterocycles. The quantitative estimate of drug-likeness (QED) is 0.905. The van der Waals surface area contributed by atoms with E-state index in [4.69, 9.17) is 9.47 Å². The van der Waals surface area contributed by atoms with Crippen molar-refractivity contribution in [2.24, 2.45) is 0 Å². The standard InChI is InChI=1S/C14H18F3NO3/c1-18-12(13-9-19-6-7-20-13)8-10-2-4-11(5-3-10)21-14(15,16)17/h2-5,12-13,18H,6-9H2,1H3. The van der Waals surface area contributed by atoms with Crippen molar-refractivity contribution in [3.05, 3.63) is 29.8 Å². The highest BCUT2D eigenvalue weighted by atomic mass is 19.4. The van der Waals surface area contributed by atoms with Crippen LogP contribution in [0, 0.1) is 0 Å². The van der Waals surface area contributed by atoms with Crippen LogP contribution in [-0.4, -0.2) is 45.4 Å². The lowest BCUT2D eigenvalue weighted by atomic mass is 10.0. The molecule has 1 fully saturated rings. The van der Waals surface area contributed by atoms with Crippen LogP contribution >= 0.6 is 0 Å². The molecule has 2 rings (SSSR count). The first-order valence-corrected chi connectivity index (χ1v) is 6.69. The van der Waals surface area contributed by atoms with Gasteiger partial charge in [0.05, 0.1) is 25.9 Å². The van der Waals surface area contributed by atoms with Gasteiger partial charge in [-0.1, -0.05) is 12.1 Å². The van der Waals surface area contributed by atoms with Gasteiger partial charge in [-0.05, 0) is 31.2 Å². The fourth-order valence-corrected chi connectivity index (χ4v) is 2.24. The molecule has 0 amide bonds. The summed E-state index contributed by atoms with van der Waals surface area (Å²) in [5.74, 6) is -0.218. The van der Waals surface area contributed by atoms with Crippen LogP contribution in [-0.2, 0) is 15.9 Å². The molecule has 118 valence electrons. The van der Waals surface area contributed by atoms with Gasteiger partial charge in [-0.25, -0.2) is 0 Å². The van der Waals surface area contributed by atoms with Crippen LogP contribution in [0.3, 0.4) is 0 Å². The normalized spacial score (nSPS) is 21.0. The monoisotopic (exact) mass is 305 g/mol. The summed E-state index contributed by atoms with van der Waals surface area (Å²) in [5.41, 5.74) is 0.901. The van der Waals surface area contributed by atoms with Gasteiger partial charge in [0.25, 0.3) is 0 Å². The second-order valence-electron chi connectivity index (χ2n) is 4.78. The summed E-state index contributed by atoms with van der Waals surface area (Å²) >= 11 is 0. The van der Waals surface area contributed by atoms with Crippen LogP contribution in [0.15, 0.2) is 24.3 Å². The first-order chi connectivity index (χ1) is 9.98. The summed E-state index contributed by atoms with van der Waals surface area (Å²) < 4.78 is 51.1. The highest BCUT2D eigenvalue weighted by Gasteiger charge is 2.31. The molecule has 1 aromatic carbocycles. The molecule has 1 aliphatic heterocycles. The predicted molar refractivity (Wildman–Crippen MR) is 70.2 cm³/mol. The van der Waals surface area contributed by atoms with E-state index in [9.17, 15) is 13.2 Å². The first-order valence-electron chi connectivity index (χ1n) is 6.69. The van der Waals surface area contributed by atoms with Crippen molar-refractivity contribution in [1.82, 2.24) is 5.32 Å². The van der Waals surface area contributed by atoms with Crippen LogP contribution < -0.4 is 10.1 Å². The van der Waals surface area contributed by atoms with Crippen molar-refractivity contribution in [3.8, 4) is 5.75 Å². The van der Waals surface area contributed by atoms with E-state index in [0.717, 1.165) is 5.56 Å². The molecule has 1 aromatic rings. The van der Waals surface area contributed by atoms with Crippen molar-refractivity contribution in [3.63, 3.8) is 0 Å². The first kappa shape index (κ1) is 16.1. The minimum atomic E-state index is -4.66. The van der Waals surface area contributed by atoms with Crippen LogP contribution in [0.5, 0.6) is 5.75 Å². The maximum atomic E-state index is 12.1. The summed E-state index contributed by atoms with van der Waals surface area (Å²) in [6, 6.07) is 5.91. The molecule has 0 saturated carbocycles. The molecule has 0 bridgehead atoms. The van der Waals surface area contributed by atoms with E-state index in [2.05, 4.69) is 10.1 Å². The van der Waals surface area contributed by atoms with Crippen molar-refractivity contribution >= 4 is 0 Å². The Balaban J connectivity index is 1.94. The van der Waals surface area contributed by atoms with Crippen LogP contribution in [0.4, 0.5) is 13.2 Å². The zero-order chi connectivity index (χ0) is 15.3. The molecule has 0 spiro atoms. The molecule has 1 N–H and O–H groups in total. The zero-order valence-corrected chi connectivity index (χ0v) is 11.7. The van der Waals surface area contributed by atoms with Gasteiger partial charge in [0, 0.05) is 6.04 Å². The minimum Gasteiger partial charge on any atom is -0.406 e. The highest BCUT2D eigenvalue weighted by molar-refractivity contribution is 5.28. The fraction of sp³-hybridized carbons (Fsp3) is 0.571. The second kappa shape index (κ2) is 7.11. The molecular formula is C14H18F3NO3. The molecule has 0 radical (unpaired) electrons. The molecule has 21 heavy (non-hydrogen) atoms. The largest absolute Gasteiger partial charge is 0.573 e. The van der Waals surface area contributed by atoms with Crippen molar-refractivity contribution in [1.29, 1.82) is 0 Å². The summed E-state index contributed by atoms with van der Waals surface area (Å²) in [7, 11) is 1.82. The van der Waals surface area contributed by atoms with Crippen molar-refractivity contribution in [2.45, 2.75) is 24.9 Å². The Morgan fingerprint density at radius 1 is 1.29 bits per heavy atom. The van der Waals surface area contributed by atoms with E-state index in [1.54, 1.807) is 12.1 Å². The van der Waals surface area contributed by atoms with Crippen LogP contribution in [0.25, 0.3) is 0 Å². The van der Waals surface area contributed by atoms with Gasteiger partial charge in [-0.2, -0.15) is 0 Å². The Hall–Kier alpha value is -1.31. The molecular weight excluding hydrogens is 287 g/mol. The average Bonchev–Trinajstić information content (AvgIpc) is 2.46. The topological polar surface area (TPSA) is 39.7 Å². The molecule has 2 unspecified atom stereocenters. The van der Waals surface area contributed by atoms with Gasteiger partial charge in [-0.15, -0.1) is 13.2 Å². The van der Waals surface area contributed by atoms with E-state index >= 15 is 0 Å². The van der Waals surface area contributed by atoms with E-state index in [-0.39, 0.29) is 17.9 Å². The number of hydrogen-bond donors (Lipinski definition) is 1. The number of rotatable bonds is 5. The van der Waals surface area contributed by atoms with E-state index in [1.165, 1.54) is 12.1 Å². The Labute approximate surface area is 121 Å². The summed E-state index contributed by atoms with van der Waals surface area (Å²) in [4.78, 5) is 0. The lowest BCUT2D eigenvalue weighted by Crippen LogP contribution is -2.46. The van der Waals surface area contributed by atoms with E-state index < -0.39 is 6.36 Å². The highest BCUT2D eigenvalue weighted by Crippen LogP contribution is 2.23. The van der Waals surface area contributed by atoms with Gasteiger partial charge in [0.15, 0.2) is 0 Å². The number of hydrogen-bond acceptors (Lipinski definition) is 4. The zero-order valence-electron chi connectivity index (χ0n) is 11.7. The van der Waals surface area contributed by atoms with E-state index in [1.807, 2.05) is 7.05 Å². The number of nitrogens with one attached hydrogen (secondary N) is 1. The van der Waals surface area contributed by atoms with Gasteiger partial charge in [0.2, 0.25) is 0 Å². The third-order valence-corrected chi connectivity index (χ3v) is 3.27. The Kier molecular flexibility index (Phi) is 5.44. The third-order valence-electron chi connectivity index (χ3n) is 3.27. The van der Waals surface area contributed by atoms with Crippen molar-refractivity contribution in [2.75, 3.05) is 26.9 Å². The van der Waals surface area contributed by atoms with Gasteiger partial charge in [-0.3, -0.25) is 0 Å². The molecule has 0 aliphatic carbocycles. The Morgan fingerprint density at radius 3 is 2.52 bits per heavy atom. The summed E-state index contributed by atoms with van der Waals surface area (Å²) in [6.45, 7) is 1.67.